The Labute approximate surface area is 204 Å². The minimum atomic E-state index is -0.117. The monoisotopic (exact) mass is 489 g/mol. The number of hydrogen-bond donors (Lipinski definition) is 1. The summed E-state index contributed by atoms with van der Waals surface area (Å²) in [5, 5.41) is 10.1. The molecule has 0 amide bonds. The molecule has 5 rings (SSSR count). The number of ether oxygens (including phenoxy) is 1. The predicted molar refractivity (Wildman–Crippen MR) is 138 cm³/mol. The molecule has 0 unspecified atom stereocenters. The zero-order valence-electron chi connectivity index (χ0n) is 19.2. The first-order chi connectivity index (χ1) is 16.5. The molecule has 1 N–H and O–H groups in total. The van der Waals surface area contributed by atoms with E-state index >= 15 is 0 Å². The molecule has 7 nitrogen and oxygen atoms in total. The van der Waals surface area contributed by atoms with Gasteiger partial charge in [0.1, 0.15) is 16.4 Å². The smallest absolute Gasteiger partial charge is 0.260 e. The maximum absolute atomic E-state index is 13.1. The van der Waals surface area contributed by atoms with Crippen LogP contribution in [0.5, 0.6) is 5.75 Å². The molecular weight excluding hydrogens is 466 g/mol. The molecule has 3 aromatic heterocycles. The largest absolute Gasteiger partial charge is 0.496 e. The lowest BCUT2D eigenvalue weighted by Gasteiger charge is -2.08. The fourth-order valence-corrected chi connectivity index (χ4v) is 5.78. The fraction of sp³-hybridized carbons (Fsp3) is 0.200. The van der Waals surface area contributed by atoms with Crippen molar-refractivity contribution in [2.75, 3.05) is 7.11 Å². The third-order valence-corrected chi connectivity index (χ3v) is 7.68. The van der Waals surface area contributed by atoms with Crippen molar-refractivity contribution in [3.8, 4) is 28.3 Å². The lowest BCUT2D eigenvalue weighted by Crippen LogP contribution is -2.11. The quantitative estimate of drug-likeness (QED) is 0.323. The third kappa shape index (κ3) is 4.01. The Morgan fingerprint density at radius 3 is 2.62 bits per heavy atom. The van der Waals surface area contributed by atoms with E-state index in [9.17, 15) is 4.79 Å². The molecule has 3 heterocycles. The van der Waals surface area contributed by atoms with Crippen LogP contribution in [0.25, 0.3) is 32.7 Å². The summed E-state index contributed by atoms with van der Waals surface area (Å²) in [7, 11) is 3.56. The SMILES string of the molecule is COc1ccccc1-c1nnc(SCc2nc3sc(C)c(-c4ccc(C)cc4)c3c(=O)[nH]2)n1C. The van der Waals surface area contributed by atoms with Gasteiger partial charge < -0.3 is 14.3 Å². The van der Waals surface area contributed by atoms with Crippen LogP contribution in [0.3, 0.4) is 0 Å². The molecule has 0 atom stereocenters. The van der Waals surface area contributed by atoms with E-state index in [-0.39, 0.29) is 5.56 Å². The first-order valence-electron chi connectivity index (χ1n) is 10.7. The Kier molecular flexibility index (Phi) is 5.97. The number of aromatic amines is 1. The van der Waals surface area contributed by atoms with Crippen LogP contribution in [-0.2, 0) is 12.8 Å². The van der Waals surface area contributed by atoms with E-state index in [1.165, 1.54) is 17.3 Å². The molecule has 2 aromatic carbocycles. The molecule has 0 saturated carbocycles. The minimum absolute atomic E-state index is 0.117. The summed E-state index contributed by atoms with van der Waals surface area (Å²) in [6.07, 6.45) is 0. The van der Waals surface area contributed by atoms with Crippen LogP contribution < -0.4 is 10.3 Å². The first-order valence-corrected chi connectivity index (χ1v) is 12.5. The van der Waals surface area contributed by atoms with Gasteiger partial charge in [0.05, 0.1) is 23.8 Å². The van der Waals surface area contributed by atoms with Crippen LogP contribution in [0.15, 0.2) is 58.5 Å². The Morgan fingerprint density at radius 2 is 1.85 bits per heavy atom. The summed E-state index contributed by atoms with van der Waals surface area (Å²) in [6.45, 7) is 4.09. The standard InChI is InChI=1S/C25H23N5O2S2/c1-14-9-11-16(12-10-14)20-15(2)34-24-21(20)23(31)26-19(27-24)13-33-25-29-28-22(30(25)3)17-7-5-6-8-18(17)32-4/h5-12H,13H2,1-4H3,(H,26,27,31). The van der Waals surface area contributed by atoms with Crippen molar-refractivity contribution in [3.05, 3.63) is 75.1 Å². The van der Waals surface area contributed by atoms with Crippen molar-refractivity contribution in [1.82, 2.24) is 24.7 Å². The van der Waals surface area contributed by atoms with E-state index in [1.54, 1.807) is 18.4 Å². The molecule has 34 heavy (non-hydrogen) atoms. The Morgan fingerprint density at radius 1 is 1.09 bits per heavy atom. The zero-order valence-corrected chi connectivity index (χ0v) is 20.9. The lowest BCUT2D eigenvalue weighted by molar-refractivity contribution is 0.416. The predicted octanol–water partition coefficient (Wildman–Crippen LogP) is 5.36. The van der Waals surface area contributed by atoms with E-state index in [1.807, 2.05) is 42.8 Å². The zero-order chi connectivity index (χ0) is 23.8. The summed E-state index contributed by atoms with van der Waals surface area (Å²) in [5.74, 6) is 2.54. The average molecular weight is 490 g/mol. The van der Waals surface area contributed by atoms with E-state index in [0.29, 0.717) is 22.8 Å². The Bertz CT molecular complexity index is 1550. The molecule has 0 aliphatic heterocycles. The minimum Gasteiger partial charge on any atom is -0.496 e. The van der Waals surface area contributed by atoms with Crippen molar-refractivity contribution in [2.24, 2.45) is 7.05 Å². The number of hydrogen-bond acceptors (Lipinski definition) is 7. The van der Waals surface area contributed by atoms with Crippen LogP contribution in [-0.4, -0.2) is 31.8 Å². The maximum Gasteiger partial charge on any atom is 0.260 e. The molecule has 0 bridgehead atoms. The second-order valence-electron chi connectivity index (χ2n) is 7.95. The molecule has 0 aliphatic rings. The van der Waals surface area contributed by atoms with Crippen molar-refractivity contribution < 1.29 is 4.74 Å². The van der Waals surface area contributed by atoms with Gasteiger partial charge >= 0.3 is 0 Å². The van der Waals surface area contributed by atoms with E-state index in [2.05, 4.69) is 46.4 Å². The van der Waals surface area contributed by atoms with Crippen LogP contribution in [0.4, 0.5) is 0 Å². The summed E-state index contributed by atoms with van der Waals surface area (Å²) in [4.78, 5) is 22.6. The summed E-state index contributed by atoms with van der Waals surface area (Å²) < 4.78 is 7.38. The van der Waals surface area contributed by atoms with E-state index < -0.39 is 0 Å². The van der Waals surface area contributed by atoms with Crippen LogP contribution in [0, 0.1) is 13.8 Å². The number of H-pyrrole nitrogens is 1. The lowest BCUT2D eigenvalue weighted by atomic mass is 10.0. The molecular formula is C25H23N5O2S2. The average Bonchev–Trinajstić information content (AvgIpc) is 3.37. The van der Waals surface area contributed by atoms with Crippen molar-refractivity contribution >= 4 is 33.3 Å². The van der Waals surface area contributed by atoms with Crippen molar-refractivity contribution in [1.29, 1.82) is 0 Å². The van der Waals surface area contributed by atoms with Gasteiger partial charge in [-0.1, -0.05) is 53.7 Å². The van der Waals surface area contributed by atoms with Gasteiger partial charge in [-0.15, -0.1) is 21.5 Å². The summed E-state index contributed by atoms with van der Waals surface area (Å²) in [6, 6.07) is 15.9. The molecule has 0 saturated heterocycles. The third-order valence-electron chi connectivity index (χ3n) is 5.65. The van der Waals surface area contributed by atoms with Crippen LogP contribution in [0.1, 0.15) is 16.3 Å². The number of para-hydroxylation sites is 1. The number of thiophene rings is 1. The Hall–Kier alpha value is -3.43. The topological polar surface area (TPSA) is 85.7 Å². The highest BCUT2D eigenvalue weighted by atomic mass is 32.2. The van der Waals surface area contributed by atoms with Gasteiger partial charge in [-0.05, 0) is 31.5 Å². The second kappa shape index (κ2) is 9.08. The summed E-state index contributed by atoms with van der Waals surface area (Å²) in [5.41, 5.74) is 3.94. The maximum atomic E-state index is 13.1. The van der Waals surface area contributed by atoms with Gasteiger partial charge in [-0.25, -0.2) is 4.98 Å². The van der Waals surface area contributed by atoms with E-state index in [0.717, 1.165) is 37.3 Å². The number of thioether (sulfide) groups is 1. The first kappa shape index (κ1) is 22.4. The van der Waals surface area contributed by atoms with Gasteiger partial charge in [0.15, 0.2) is 11.0 Å². The van der Waals surface area contributed by atoms with Gasteiger partial charge in [0, 0.05) is 17.5 Å². The number of nitrogens with zero attached hydrogens (tertiary/aromatic N) is 4. The van der Waals surface area contributed by atoms with Crippen LogP contribution in [0.2, 0.25) is 0 Å². The van der Waals surface area contributed by atoms with Gasteiger partial charge in [0.2, 0.25) is 0 Å². The summed E-state index contributed by atoms with van der Waals surface area (Å²) >= 11 is 3.02. The van der Waals surface area contributed by atoms with E-state index in [4.69, 9.17) is 9.72 Å². The number of aryl methyl sites for hydroxylation is 2. The molecule has 172 valence electrons. The molecule has 0 fully saturated rings. The second-order valence-corrected chi connectivity index (χ2v) is 10.1. The van der Waals surface area contributed by atoms with Gasteiger partial charge in [-0.3, -0.25) is 4.79 Å². The van der Waals surface area contributed by atoms with Crippen LogP contribution >= 0.6 is 23.1 Å². The molecule has 0 spiro atoms. The number of methoxy groups -OCH3 is 1. The fourth-order valence-electron chi connectivity index (χ4n) is 3.94. The highest BCUT2D eigenvalue weighted by Crippen LogP contribution is 2.36. The molecule has 5 aromatic rings. The molecule has 0 aliphatic carbocycles. The number of rotatable bonds is 6. The Balaban J connectivity index is 1.43. The van der Waals surface area contributed by atoms with Gasteiger partial charge in [-0.2, -0.15) is 0 Å². The number of nitrogens with one attached hydrogen (secondary N) is 1. The number of benzene rings is 2. The molecule has 9 heteroatoms. The normalized spacial score (nSPS) is 11.3. The highest BCUT2D eigenvalue weighted by Gasteiger charge is 2.18. The van der Waals surface area contributed by atoms with Gasteiger partial charge in [0.25, 0.3) is 5.56 Å². The number of fused-ring (bicyclic) bond motifs is 1. The highest BCUT2D eigenvalue weighted by molar-refractivity contribution is 7.98. The molecule has 0 radical (unpaired) electrons. The van der Waals surface area contributed by atoms with Crippen molar-refractivity contribution in [3.63, 3.8) is 0 Å². The van der Waals surface area contributed by atoms with Crippen molar-refractivity contribution in [2.45, 2.75) is 24.8 Å². The number of aromatic nitrogens is 5.